The van der Waals surface area contributed by atoms with Crippen molar-refractivity contribution in [1.82, 2.24) is 25.4 Å². The third-order valence-corrected chi connectivity index (χ3v) is 4.89. The molecule has 0 bridgehead atoms. The summed E-state index contributed by atoms with van der Waals surface area (Å²) >= 11 is 0. The van der Waals surface area contributed by atoms with Gasteiger partial charge in [-0.2, -0.15) is 5.10 Å². The van der Waals surface area contributed by atoms with E-state index in [0.29, 0.717) is 32.2 Å². The van der Waals surface area contributed by atoms with Crippen LogP contribution in [0.4, 0.5) is 0 Å². The molecule has 0 spiro atoms. The summed E-state index contributed by atoms with van der Waals surface area (Å²) in [7, 11) is 0. The lowest BCUT2D eigenvalue weighted by Crippen LogP contribution is -2.60. The van der Waals surface area contributed by atoms with Gasteiger partial charge in [-0.1, -0.05) is 0 Å². The number of nitrogens with one attached hydrogen (secondary N) is 2. The van der Waals surface area contributed by atoms with Gasteiger partial charge in [0.2, 0.25) is 11.8 Å². The molecule has 3 rings (SSSR count). The predicted octanol–water partition coefficient (Wildman–Crippen LogP) is 0.618. The summed E-state index contributed by atoms with van der Waals surface area (Å²) in [5.74, 6) is 1.67. The number of aromatic nitrogens is 3. The largest absolute Gasteiger partial charge is 0.376 e. The van der Waals surface area contributed by atoms with Crippen LogP contribution in [-0.4, -0.2) is 51.4 Å². The van der Waals surface area contributed by atoms with Crippen molar-refractivity contribution in [2.75, 3.05) is 6.61 Å². The molecule has 1 unspecified atom stereocenters. The van der Waals surface area contributed by atoms with E-state index in [4.69, 9.17) is 4.74 Å². The Labute approximate surface area is 147 Å². The van der Waals surface area contributed by atoms with Crippen molar-refractivity contribution in [3.8, 4) is 0 Å². The molecule has 0 aliphatic carbocycles. The molecule has 1 aromatic rings. The van der Waals surface area contributed by atoms with E-state index in [9.17, 15) is 9.59 Å². The Morgan fingerprint density at radius 1 is 1.40 bits per heavy atom. The number of amides is 2. The second-order valence-electron chi connectivity index (χ2n) is 6.89. The summed E-state index contributed by atoms with van der Waals surface area (Å²) in [5.41, 5.74) is 0. The zero-order valence-corrected chi connectivity index (χ0v) is 15.0. The average molecular weight is 349 g/mol. The fourth-order valence-corrected chi connectivity index (χ4v) is 3.67. The molecule has 25 heavy (non-hydrogen) atoms. The Kier molecular flexibility index (Phi) is 5.67. The van der Waals surface area contributed by atoms with Crippen LogP contribution >= 0.6 is 0 Å². The molecule has 3 atom stereocenters. The number of aryl methyl sites for hydroxylation is 3. The molecule has 2 aliphatic heterocycles. The van der Waals surface area contributed by atoms with Gasteiger partial charge < -0.3 is 15.4 Å². The van der Waals surface area contributed by atoms with Gasteiger partial charge in [0.15, 0.2) is 0 Å². The molecular weight excluding hydrogens is 322 g/mol. The third-order valence-electron chi connectivity index (χ3n) is 4.89. The maximum absolute atomic E-state index is 12.3. The lowest BCUT2D eigenvalue weighted by molar-refractivity contribution is -0.128. The van der Waals surface area contributed by atoms with Gasteiger partial charge >= 0.3 is 0 Å². The van der Waals surface area contributed by atoms with Crippen molar-refractivity contribution in [3.05, 3.63) is 11.6 Å². The van der Waals surface area contributed by atoms with Gasteiger partial charge in [-0.05, 0) is 39.5 Å². The van der Waals surface area contributed by atoms with E-state index < -0.39 is 0 Å². The lowest BCUT2D eigenvalue weighted by atomic mass is 9.92. The van der Waals surface area contributed by atoms with E-state index in [-0.39, 0.29) is 30.0 Å². The first-order chi connectivity index (χ1) is 12.0. The molecule has 0 aromatic carbocycles. The van der Waals surface area contributed by atoms with Gasteiger partial charge in [0, 0.05) is 26.0 Å². The van der Waals surface area contributed by atoms with Gasteiger partial charge in [0.05, 0.1) is 18.2 Å². The zero-order valence-electron chi connectivity index (χ0n) is 15.0. The van der Waals surface area contributed by atoms with Crippen LogP contribution in [-0.2, 0) is 20.9 Å². The van der Waals surface area contributed by atoms with E-state index >= 15 is 0 Å². The number of carbonyl (C=O) groups is 2. The van der Waals surface area contributed by atoms with Crippen molar-refractivity contribution in [2.45, 2.75) is 77.1 Å². The van der Waals surface area contributed by atoms with Gasteiger partial charge in [-0.15, -0.1) is 0 Å². The molecule has 138 valence electrons. The molecule has 0 saturated carbocycles. The minimum absolute atomic E-state index is 0.00956. The zero-order chi connectivity index (χ0) is 17.8. The topological polar surface area (TPSA) is 98.1 Å². The first kappa shape index (κ1) is 17.8. The number of ether oxygens (including phenoxy) is 1. The molecule has 2 aliphatic rings. The Balaban J connectivity index is 1.48. The molecule has 3 heterocycles. The van der Waals surface area contributed by atoms with Gasteiger partial charge in [-0.3, -0.25) is 14.3 Å². The monoisotopic (exact) mass is 349 g/mol. The normalized spacial score (nSPS) is 26.5. The summed E-state index contributed by atoms with van der Waals surface area (Å²) in [6, 6.07) is -0.170. The van der Waals surface area contributed by atoms with Crippen molar-refractivity contribution < 1.29 is 14.3 Å². The van der Waals surface area contributed by atoms with Gasteiger partial charge in [0.1, 0.15) is 11.6 Å². The van der Waals surface area contributed by atoms with Crippen LogP contribution in [0.25, 0.3) is 0 Å². The van der Waals surface area contributed by atoms with Crippen LogP contribution in [0.15, 0.2) is 0 Å². The first-order valence-electron chi connectivity index (χ1n) is 9.11. The predicted molar refractivity (Wildman–Crippen MR) is 90.8 cm³/mol. The maximum Gasteiger partial charge on any atom is 0.220 e. The summed E-state index contributed by atoms with van der Waals surface area (Å²) in [6.07, 6.45) is 4.21. The molecule has 0 radical (unpaired) electrons. The summed E-state index contributed by atoms with van der Waals surface area (Å²) in [4.78, 5) is 28.3. The summed E-state index contributed by atoms with van der Waals surface area (Å²) in [6.45, 7) is 5.18. The molecule has 8 nitrogen and oxygen atoms in total. The van der Waals surface area contributed by atoms with Crippen LogP contribution < -0.4 is 10.6 Å². The quantitative estimate of drug-likeness (QED) is 0.784. The SMILES string of the molecule is Cc1nc(C)n(CCCC(=O)N[C@H]2CCC(=O)N[C@@H]2C2CCCO2)n1. The number of piperidine rings is 1. The Hall–Kier alpha value is -1.96. The fraction of sp³-hybridized carbons (Fsp3) is 0.765. The highest BCUT2D eigenvalue weighted by atomic mass is 16.5. The molecule has 2 amide bonds. The summed E-state index contributed by atoms with van der Waals surface area (Å²) in [5, 5.41) is 10.4. The lowest BCUT2D eigenvalue weighted by Gasteiger charge is -2.36. The van der Waals surface area contributed by atoms with E-state index in [1.165, 1.54) is 0 Å². The molecular formula is C17H27N5O3. The number of hydrogen-bond acceptors (Lipinski definition) is 5. The minimum Gasteiger partial charge on any atom is -0.376 e. The van der Waals surface area contributed by atoms with Crippen molar-refractivity contribution in [2.24, 2.45) is 0 Å². The molecule has 2 N–H and O–H groups in total. The van der Waals surface area contributed by atoms with Crippen molar-refractivity contribution in [3.63, 3.8) is 0 Å². The van der Waals surface area contributed by atoms with Gasteiger partial charge in [0.25, 0.3) is 0 Å². The van der Waals surface area contributed by atoms with Gasteiger partial charge in [-0.25, -0.2) is 4.98 Å². The van der Waals surface area contributed by atoms with E-state index in [1.807, 2.05) is 18.5 Å². The fourth-order valence-electron chi connectivity index (χ4n) is 3.67. The van der Waals surface area contributed by atoms with E-state index in [2.05, 4.69) is 20.7 Å². The maximum atomic E-state index is 12.3. The minimum atomic E-state index is -0.118. The number of nitrogens with zero attached hydrogens (tertiary/aromatic N) is 3. The Morgan fingerprint density at radius 2 is 2.24 bits per heavy atom. The second kappa shape index (κ2) is 7.95. The number of hydrogen-bond donors (Lipinski definition) is 2. The van der Waals surface area contributed by atoms with Crippen molar-refractivity contribution >= 4 is 11.8 Å². The molecule has 1 aromatic heterocycles. The van der Waals surface area contributed by atoms with E-state index in [0.717, 1.165) is 31.1 Å². The second-order valence-corrected chi connectivity index (χ2v) is 6.89. The van der Waals surface area contributed by atoms with Crippen LogP contribution in [0.5, 0.6) is 0 Å². The number of rotatable bonds is 6. The molecule has 8 heteroatoms. The van der Waals surface area contributed by atoms with E-state index in [1.54, 1.807) is 0 Å². The third kappa shape index (κ3) is 4.56. The summed E-state index contributed by atoms with van der Waals surface area (Å²) < 4.78 is 7.55. The smallest absolute Gasteiger partial charge is 0.220 e. The van der Waals surface area contributed by atoms with Crippen LogP contribution in [0.3, 0.4) is 0 Å². The van der Waals surface area contributed by atoms with Crippen molar-refractivity contribution in [1.29, 1.82) is 0 Å². The Morgan fingerprint density at radius 3 is 2.92 bits per heavy atom. The van der Waals surface area contributed by atoms with Crippen LogP contribution in [0, 0.1) is 13.8 Å². The number of carbonyl (C=O) groups excluding carboxylic acids is 2. The highest BCUT2D eigenvalue weighted by Gasteiger charge is 2.37. The highest BCUT2D eigenvalue weighted by molar-refractivity contribution is 5.79. The Bertz CT molecular complexity index is 624. The molecule has 2 saturated heterocycles. The standard InChI is InChI=1S/C17H27N5O3/c1-11-18-12(2)22(21-11)9-3-6-15(23)19-13-7-8-16(24)20-17(13)14-5-4-10-25-14/h13-14,17H,3-10H2,1-2H3,(H,19,23)(H,20,24)/t13-,14?,17-/m0/s1. The molecule has 2 fully saturated rings. The van der Waals surface area contributed by atoms with Crippen LogP contribution in [0.2, 0.25) is 0 Å². The highest BCUT2D eigenvalue weighted by Crippen LogP contribution is 2.22. The average Bonchev–Trinajstić information content (AvgIpc) is 3.19. The first-order valence-corrected chi connectivity index (χ1v) is 9.11. The van der Waals surface area contributed by atoms with Crippen LogP contribution in [0.1, 0.15) is 50.2 Å².